The predicted octanol–water partition coefficient (Wildman–Crippen LogP) is 2.95. The van der Waals surface area contributed by atoms with Gasteiger partial charge in [-0.05, 0) is 36.8 Å². The van der Waals surface area contributed by atoms with Gasteiger partial charge in [0.15, 0.2) is 0 Å². The van der Waals surface area contributed by atoms with E-state index in [1.54, 1.807) is 0 Å². The molecule has 0 atom stereocenters. The van der Waals surface area contributed by atoms with Crippen LogP contribution in [0.5, 0.6) is 0 Å². The first-order chi connectivity index (χ1) is 13.6. The van der Waals surface area contributed by atoms with E-state index in [1.807, 2.05) is 17.2 Å². The fraction of sp³-hybridized carbons (Fsp3) is 0.545. The van der Waals surface area contributed by atoms with Gasteiger partial charge in [-0.15, -0.1) is 0 Å². The molecule has 0 unspecified atom stereocenters. The van der Waals surface area contributed by atoms with Gasteiger partial charge < -0.3 is 10.2 Å². The first-order valence-corrected chi connectivity index (χ1v) is 10.4. The minimum absolute atomic E-state index is 0.123. The minimum Gasteiger partial charge on any atom is -0.370 e. The number of pyridine rings is 1. The van der Waals surface area contributed by atoms with Gasteiger partial charge in [-0.2, -0.15) is 0 Å². The van der Waals surface area contributed by atoms with Crippen molar-refractivity contribution in [1.82, 2.24) is 19.9 Å². The molecule has 2 aromatic heterocycles. The Labute approximate surface area is 166 Å². The van der Waals surface area contributed by atoms with E-state index in [0.717, 1.165) is 73.8 Å². The summed E-state index contributed by atoms with van der Waals surface area (Å²) in [6, 6.07) is 4.10. The van der Waals surface area contributed by atoms with Gasteiger partial charge in [-0.3, -0.25) is 4.79 Å². The molecule has 6 heteroatoms. The van der Waals surface area contributed by atoms with E-state index in [9.17, 15) is 4.79 Å². The van der Waals surface area contributed by atoms with Crippen molar-refractivity contribution >= 4 is 11.7 Å². The molecule has 4 rings (SSSR count). The van der Waals surface area contributed by atoms with Crippen LogP contribution in [0.25, 0.3) is 0 Å². The van der Waals surface area contributed by atoms with E-state index in [0.29, 0.717) is 18.9 Å². The van der Waals surface area contributed by atoms with Crippen molar-refractivity contribution in [2.45, 2.75) is 58.9 Å². The Morgan fingerprint density at radius 1 is 1.21 bits per heavy atom. The smallest absolute Gasteiger partial charge is 0.228 e. The number of rotatable bonds is 5. The van der Waals surface area contributed by atoms with E-state index >= 15 is 0 Å². The molecule has 148 valence electrons. The molecule has 6 nitrogen and oxygen atoms in total. The lowest BCUT2D eigenvalue weighted by molar-refractivity contribution is -0.131. The number of fused-ring (bicyclic) bond motifs is 2. The number of amides is 1. The van der Waals surface area contributed by atoms with Crippen molar-refractivity contribution in [2.24, 2.45) is 5.92 Å². The molecular weight excluding hydrogens is 350 g/mol. The third-order valence-electron chi connectivity index (χ3n) is 5.57. The molecule has 0 aliphatic carbocycles. The number of aromatic nitrogens is 3. The van der Waals surface area contributed by atoms with E-state index in [4.69, 9.17) is 4.98 Å². The lowest BCUT2D eigenvalue weighted by Crippen LogP contribution is -2.37. The quantitative estimate of drug-likeness (QED) is 0.865. The van der Waals surface area contributed by atoms with E-state index in [1.165, 1.54) is 5.56 Å². The molecule has 0 aromatic carbocycles. The second kappa shape index (κ2) is 8.25. The summed E-state index contributed by atoms with van der Waals surface area (Å²) in [7, 11) is 0. The summed E-state index contributed by atoms with van der Waals surface area (Å²) < 4.78 is 0. The third-order valence-corrected chi connectivity index (χ3v) is 5.57. The highest BCUT2D eigenvalue weighted by Crippen LogP contribution is 2.21. The summed E-state index contributed by atoms with van der Waals surface area (Å²) in [4.78, 5) is 28.6. The number of hydrogen-bond acceptors (Lipinski definition) is 5. The zero-order valence-corrected chi connectivity index (χ0v) is 16.9. The zero-order valence-electron chi connectivity index (χ0n) is 16.9. The van der Waals surface area contributed by atoms with Gasteiger partial charge in [-0.25, -0.2) is 15.0 Å². The Morgan fingerprint density at radius 2 is 2.11 bits per heavy atom. The van der Waals surface area contributed by atoms with Crippen LogP contribution >= 0.6 is 0 Å². The van der Waals surface area contributed by atoms with Gasteiger partial charge in [0.1, 0.15) is 11.6 Å². The molecule has 2 aromatic rings. The van der Waals surface area contributed by atoms with Crippen molar-refractivity contribution < 1.29 is 4.79 Å². The highest BCUT2D eigenvalue weighted by atomic mass is 16.2. The molecule has 1 amide bonds. The fourth-order valence-electron chi connectivity index (χ4n) is 3.84. The molecule has 0 saturated heterocycles. The number of nitrogens with zero attached hydrogens (tertiary/aromatic N) is 4. The molecular formula is C22H29N5O. The number of carbonyl (C=O) groups is 1. The van der Waals surface area contributed by atoms with Crippen LogP contribution in [0.2, 0.25) is 0 Å². The topological polar surface area (TPSA) is 71.0 Å². The van der Waals surface area contributed by atoms with Gasteiger partial charge >= 0.3 is 0 Å². The summed E-state index contributed by atoms with van der Waals surface area (Å²) >= 11 is 0. The van der Waals surface area contributed by atoms with E-state index in [-0.39, 0.29) is 5.91 Å². The summed E-state index contributed by atoms with van der Waals surface area (Å²) in [5.74, 6) is 2.65. The van der Waals surface area contributed by atoms with Crippen LogP contribution in [0.4, 0.5) is 5.82 Å². The van der Waals surface area contributed by atoms with Gasteiger partial charge in [0.25, 0.3) is 0 Å². The SMILES string of the molecule is CC(C)CCc1ncc2c(n1)CCN(C(=O)Cc1ccc3c(n1)NCCC3)C2. The standard InChI is InChI=1S/C22H29N5O/c1-15(2)5-8-20-24-13-17-14-27(11-9-19(17)26-20)21(28)12-18-7-6-16-4-3-10-23-22(16)25-18/h6-7,13,15H,3-5,8-12,14H2,1-2H3,(H,23,25). The number of aryl methyl sites for hydroxylation is 2. The molecule has 4 heterocycles. The molecule has 2 aliphatic rings. The van der Waals surface area contributed by atoms with Crippen LogP contribution in [-0.2, 0) is 37.0 Å². The second-order valence-corrected chi connectivity index (χ2v) is 8.27. The number of nitrogens with one attached hydrogen (secondary N) is 1. The Morgan fingerprint density at radius 3 is 2.96 bits per heavy atom. The largest absolute Gasteiger partial charge is 0.370 e. The summed E-state index contributed by atoms with van der Waals surface area (Å²) in [5.41, 5.74) is 4.27. The van der Waals surface area contributed by atoms with Crippen LogP contribution in [0.3, 0.4) is 0 Å². The number of hydrogen-bond donors (Lipinski definition) is 1. The molecule has 0 fully saturated rings. The maximum Gasteiger partial charge on any atom is 0.228 e. The molecule has 1 N–H and O–H groups in total. The maximum absolute atomic E-state index is 12.8. The second-order valence-electron chi connectivity index (χ2n) is 8.27. The van der Waals surface area contributed by atoms with Crippen molar-refractivity contribution in [3.05, 3.63) is 46.7 Å². The van der Waals surface area contributed by atoms with Gasteiger partial charge in [-0.1, -0.05) is 19.9 Å². The predicted molar refractivity (Wildman–Crippen MR) is 109 cm³/mol. The first kappa shape index (κ1) is 18.8. The average Bonchev–Trinajstić information content (AvgIpc) is 2.71. The lowest BCUT2D eigenvalue weighted by atomic mass is 10.0. The van der Waals surface area contributed by atoms with Crippen LogP contribution in [-0.4, -0.2) is 38.8 Å². The number of carbonyl (C=O) groups excluding carboxylic acids is 1. The van der Waals surface area contributed by atoms with Gasteiger partial charge in [0.05, 0.1) is 17.8 Å². The van der Waals surface area contributed by atoms with Crippen molar-refractivity contribution in [1.29, 1.82) is 0 Å². The molecule has 0 radical (unpaired) electrons. The van der Waals surface area contributed by atoms with E-state index < -0.39 is 0 Å². The minimum atomic E-state index is 0.123. The van der Waals surface area contributed by atoms with Gasteiger partial charge in [0.2, 0.25) is 5.91 Å². The van der Waals surface area contributed by atoms with Gasteiger partial charge in [0, 0.05) is 44.2 Å². The van der Waals surface area contributed by atoms with Crippen molar-refractivity contribution in [2.75, 3.05) is 18.4 Å². The highest BCUT2D eigenvalue weighted by molar-refractivity contribution is 5.78. The Bertz CT molecular complexity index is 864. The van der Waals surface area contributed by atoms with Crippen LogP contribution in [0.15, 0.2) is 18.3 Å². The molecule has 2 aliphatic heterocycles. The van der Waals surface area contributed by atoms with Crippen molar-refractivity contribution in [3.63, 3.8) is 0 Å². The van der Waals surface area contributed by atoms with Crippen LogP contribution in [0.1, 0.15) is 55.0 Å². The summed E-state index contributed by atoms with van der Waals surface area (Å²) in [5, 5.41) is 3.34. The fourth-order valence-corrected chi connectivity index (χ4v) is 3.84. The molecule has 0 saturated carbocycles. The summed E-state index contributed by atoms with van der Waals surface area (Å²) in [6.45, 7) is 6.71. The summed E-state index contributed by atoms with van der Waals surface area (Å²) in [6.07, 6.45) is 7.29. The first-order valence-electron chi connectivity index (χ1n) is 10.4. The Hall–Kier alpha value is -2.50. The average molecular weight is 380 g/mol. The number of anilines is 1. The Kier molecular flexibility index (Phi) is 5.55. The molecule has 0 spiro atoms. The third kappa shape index (κ3) is 4.32. The highest BCUT2D eigenvalue weighted by Gasteiger charge is 2.23. The maximum atomic E-state index is 12.8. The lowest BCUT2D eigenvalue weighted by Gasteiger charge is -2.28. The molecule has 28 heavy (non-hydrogen) atoms. The van der Waals surface area contributed by atoms with E-state index in [2.05, 4.69) is 35.2 Å². The monoisotopic (exact) mass is 379 g/mol. The molecule has 0 bridgehead atoms. The zero-order chi connectivity index (χ0) is 19.5. The normalized spacial score (nSPS) is 15.8. The van der Waals surface area contributed by atoms with Crippen LogP contribution < -0.4 is 5.32 Å². The van der Waals surface area contributed by atoms with Crippen molar-refractivity contribution in [3.8, 4) is 0 Å². The van der Waals surface area contributed by atoms with Crippen LogP contribution in [0, 0.1) is 5.92 Å². The Balaban J connectivity index is 1.39.